The average Bonchev–Trinajstić information content (AvgIpc) is 2.82. The summed E-state index contributed by atoms with van der Waals surface area (Å²) in [5.74, 6) is 1.77. The highest BCUT2D eigenvalue weighted by molar-refractivity contribution is 5.58. The van der Waals surface area contributed by atoms with Crippen LogP contribution in [0.15, 0.2) is 30.5 Å². The van der Waals surface area contributed by atoms with E-state index in [4.69, 9.17) is 0 Å². The molecule has 1 aliphatic heterocycles. The number of rotatable bonds is 2. The van der Waals surface area contributed by atoms with Crippen molar-refractivity contribution in [2.75, 3.05) is 18.0 Å². The first-order valence-electron chi connectivity index (χ1n) is 6.25. The van der Waals surface area contributed by atoms with Gasteiger partial charge < -0.3 is 4.90 Å². The minimum absolute atomic E-state index is 0.115. The molecule has 0 N–H and O–H groups in total. The first-order valence-corrected chi connectivity index (χ1v) is 6.25. The molecule has 0 aromatic carbocycles. The van der Waals surface area contributed by atoms with Crippen molar-refractivity contribution in [3.8, 4) is 0 Å². The lowest BCUT2D eigenvalue weighted by molar-refractivity contribution is -0.384. The van der Waals surface area contributed by atoms with E-state index < -0.39 is 0 Å². The predicted octanol–water partition coefficient (Wildman–Crippen LogP) is 2.39. The number of nitrogens with zero attached hydrogens (tertiary/aromatic N) is 3. The van der Waals surface area contributed by atoms with Crippen LogP contribution in [0.5, 0.6) is 0 Å². The maximum atomic E-state index is 11.0. The third-order valence-electron chi connectivity index (χ3n) is 3.88. The molecule has 0 bridgehead atoms. The second-order valence-corrected chi connectivity index (χ2v) is 4.97. The zero-order valence-corrected chi connectivity index (χ0v) is 10.0. The summed E-state index contributed by atoms with van der Waals surface area (Å²) in [4.78, 5) is 16.9. The van der Waals surface area contributed by atoms with Crippen molar-refractivity contribution < 1.29 is 4.92 Å². The Balaban J connectivity index is 1.87. The largest absolute Gasteiger partial charge is 0.350 e. The van der Waals surface area contributed by atoms with E-state index in [9.17, 15) is 10.1 Å². The molecule has 3 rings (SSSR count). The van der Waals surface area contributed by atoms with Gasteiger partial charge in [0.05, 0.1) is 4.92 Å². The fourth-order valence-electron chi connectivity index (χ4n) is 2.96. The van der Waals surface area contributed by atoms with Crippen molar-refractivity contribution in [3.05, 3.63) is 40.6 Å². The van der Waals surface area contributed by atoms with Crippen LogP contribution in [0.4, 0.5) is 11.5 Å². The van der Waals surface area contributed by atoms with Gasteiger partial charge in [-0.05, 0) is 30.7 Å². The Hall–Kier alpha value is -1.91. The fourth-order valence-corrected chi connectivity index (χ4v) is 2.96. The number of nitro groups is 1. The average molecular weight is 245 g/mol. The SMILES string of the molecule is O=[N+]([O-])c1cccnc1N1CC2CC=CCC2C1. The van der Waals surface area contributed by atoms with Crippen molar-refractivity contribution in [1.29, 1.82) is 0 Å². The monoisotopic (exact) mass is 245 g/mol. The van der Waals surface area contributed by atoms with E-state index in [2.05, 4.69) is 22.0 Å². The first-order chi connectivity index (χ1) is 8.75. The summed E-state index contributed by atoms with van der Waals surface area (Å²) in [5.41, 5.74) is 0.115. The van der Waals surface area contributed by atoms with Crippen molar-refractivity contribution in [2.45, 2.75) is 12.8 Å². The molecule has 0 saturated carbocycles. The van der Waals surface area contributed by atoms with Gasteiger partial charge in [0.1, 0.15) is 0 Å². The Morgan fingerprint density at radius 2 is 1.94 bits per heavy atom. The number of anilines is 1. The summed E-state index contributed by atoms with van der Waals surface area (Å²) < 4.78 is 0. The third-order valence-corrected chi connectivity index (χ3v) is 3.88. The summed E-state index contributed by atoms with van der Waals surface area (Å²) in [6.45, 7) is 1.76. The van der Waals surface area contributed by atoms with Gasteiger partial charge >= 0.3 is 5.69 Å². The van der Waals surface area contributed by atoms with Crippen LogP contribution in [-0.2, 0) is 0 Å². The van der Waals surface area contributed by atoms with Gasteiger partial charge in [0, 0.05) is 25.4 Å². The van der Waals surface area contributed by atoms with E-state index in [1.807, 2.05) is 0 Å². The molecule has 1 fully saturated rings. The topological polar surface area (TPSA) is 59.3 Å². The highest BCUT2D eigenvalue weighted by Gasteiger charge is 2.35. The molecule has 0 spiro atoms. The molecule has 1 saturated heterocycles. The minimum Gasteiger partial charge on any atom is -0.350 e. The maximum Gasteiger partial charge on any atom is 0.311 e. The zero-order valence-electron chi connectivity index (χ0n) is 10.0. The second-order valence-electron chi connectivity index (χ2n) is 4.97. The Bertz CT molecular complexity index is 485. The molecule has 1 aromatic rings. The van der Waals surface area contributed by atoms with Crippen molar-refractivity contribution in [1.82, 2.24) is 4.98 Å². The van der Waals surface area contributed by atoms with Crippen LogP contribution in [0.1, 0.15) is 12.8 Å². The molecule has 0 radical (unpaired) electrons. The van der Waals surface area contributed by atoms with Crippen molar-refractivity contribution >= 4 is 11.5 Å². The van der Waals surface area contributed by atoms with Gasteiger partial charge in [-0.3, -0.25) is 10.1 Å². The van der Waals surface area contributed by atoms with Crippen LogP contribution in [0.25, 0.3) is 0 Å². The van der Waals surface area contributed by atoms with Gasteiger partial charge in [-0.15, -0.1) is 0 Å². The number of hydrogen-bond acceptors (Lipinski definition) is 4. The molecule has 1 aliphatic carbocycles. The quantitative estimate of drug-likeness (QED) is 0.456. The molecule has 0 amide bonds. The number of pyridine rings is 1. The van der Waals surface area contributed by atoms with E-state index >= 15 is 0 Å². The smallest absolute Gasteiger partial charge is 0.311 e. The number of allylic oxidation sites excluding steroid dienone is 2. The van der Waals surface area contributed by atoms with E-state index in [1.165, 1.54) is 6.07 Å². The van der Waals surface area contributed by atoms with Crippen molar-refractivity contribution in [2.24, 2.45) is 11.8 Å². The standard InChI is InChI=1S/C13H15N3O2/c17-16(18)12-6-3-7-14-13(12)15-8-10-4-1-2-5-11(10)9-15/h1-3,6-7,10-11H,4-5,8-9H2. The third kappa shape index (κ3) is 1.85. The molecule has 2 heterocycles. The van der Waals surface area contributed by atoms with E-state index in [-0.39, 0.29) is 10.6 Å². The van der Waals surface area contributed by atoms with Gasteiger partial charge in [0.2, 0.25) is 5.82 Å². The van der Waals surface area contributed by atoms with Gasteiger partial charge in [-0.25, -0.2) is 4.98 Å². The Morgan fingerprint density at radius 1 is 1.28 bits per heavy atom. The molecule has 2 aliphatic rings. The van der Waals surface area contributed by atoms with Crippen LogP contribution in [0.2, 0.25) is 0 Å². The lowest BCUT2D eigenvalue weighted by Crippen LogP contribution is -2.22. The predicted molar refractivity (Wildman–Crippen MR) is 68.5 cm³/mol. The van der Waals surface area contributed by atoms with Crippen LogP contribution in [0.3, 0.4) is 0 Å². The molecule has 5 nitrogen and oxygen atoms in total. The Morgan fingerprint density at radius 3 is 2.56 bits per heavy atom. The van der Waals surface area contributed by atoms with Gasteiger partial charge in [-0.1, -0.05) is 12.2 Å². The summed E-state index contributed by atoms with van der Waals surface area (Å²) in [7, 11) is 0. The Labute approximate surface area is 105 Å². The molecule has 2 unspecified atom stereocenters. The number of fused-ring (bicyclic) bond motifs is 1. The molecule has 5 heteroatoms. The van der Waals surface area contributed by atoms with Gasteiger partial charge in [0.15, 0.2) is 0 Å². The molecule has 18 heavy (non-hydrogen) atoms. The molecule has 94 valence electrons. The molecule has 2 atom stereocenters. The van der Waals surface area contributed by atoms with Crippen molar-refractivity contribution in [3.63, 3.8) is 0 Å². The van der Waals surface area contributed by atoms with Gasteiger partial charge in [-0.2, -0.15) is 0 Å². The summed E-state index contributed by atoms with van der Waals surface area (Å²) in [5, 5.41) is 11.0. The lowest BCUT2D eigenvalue weighted by Gasteiger charge is -2.17. The Kier molecular flexibility index (Phi) is 2.74. The number of hydrogen-bond donors (Lipinski definition) is 0. The summed E-state index contributed by atoms with van der Waals surface area (Å²) >= 11 is 0. The van der Waals surface area contributed by atoms with E-state index in [0.717, 1.165) is 25.9 Å². The molecular weight excluding hydrogens is 230 g/mol. The normalized spacial score (nSPS) is 26.1. The van der Waals surface area contributed by atoms with Gasteiger partial charge in [0.25, 0.3) is 0 Å². The molecule has 1 aromatic heterocycles. The number of aromatic nitrogens is 1. The first kappa shape index (κ1) is 11.2. The highest BCUT2D eigenvalue weighted by Crippen LogP contribution is 2.37. The van der Waals surface area contributed by atoms with E-state index in [1.54, 1.807) is 12.3 Å². The van der Waals surface area contributed by atoms with Crippen LogP contribution in [-0.4, -0.2) is 23.0 Å². The van der Waals surface area contributed by atoms with Crippen LogP contribution < -0.4 is 4.90 Å². The zero-order chi connectivity index (χ0) is 12.5. The summed E-state index contributed by atoms with van der Waals surface area (Å²) in [6.07, 6.45) is 8.24. The minimum atomic E-state index is -0.345. The fraction of sp³-hybridized carbons (Fsp3) is 0.462. The molecular formula is C13H15N3O2. The van der Waals surface area contributed by atoms with Crippen LogP contribution >= 0.6 is 0 Å². The summed E-state index contributed by atoms with van der Waals surface area (Å²) in [6, 6.07) is 3.15. The second kappa shape index (κ2) is 4.40. The lowest BCUT2D eigenvalue weighted by atomic mass is 9.86. The van der Waals surface area contributed by atoms with E-state index in [0.29, 0.717) is 17.7 Å². The highest BCUT2D eigenvalue weighted by atomic mass is 16.6. The van der Waals surface area contributed by atoms with Crippen LogP contribution in [0, 0.1) is 22.0 Å². The maximum absolute atomic E-state index is 11.0.